The highest BCUT2D eigenvalue weighted by Gasteiger charge is 2.15. The molecule has 0 saturated carbocycles. The molecule has 14 heavy (non-hydrogen) atoms. The summed E-state index contributed by atoms with van der Waals surface area (Å²) in [5.41, 5.74) is 0. The summed E-state index contributed by atoms with van der Waals surface area (Å²) in [6.07, 6.45) is 3.72. The number of imide groups is 1. The van der Waals surface area contributed by atoms with Crippen LogP contribution in [0.4, 0.5) is 0 Å². The smallest absolute Gasteiger partial charge is 0.227 e. The Morgan fingerprint density at radius 2 is 1.43 bits per heavy atom. The van der Waals surface area contributed by atoms with Gasteiger partial charge in [-0.3, -0.25) is 19.7 Å². The Morgan fingerprint density at radius 3 is 1.64 bits per heavy atom. The van der Waals surface area contributed by atoms with E-state index in [0.29, 0.717) is 12.8 Å². The maximum atomic E-state index is 10.4. The molecular weight excluding hydrogens is 184 g/mol. The quantitative estimate of drug-likeness (QED) is 0.525. The number of rotatable bonds is 0. The predicted octanol–water partition coefficient (Wildman–Crippen LogP) is -0.291. The molecule has 5 heteroatoms. The van der Waals surface area contributed by atoms with Crippen LogP contribution in [0.15, 0.2) is 0 Å². The van der Waals surface area contributed by atoms with Crippen molar-refractivity contribution >= 4 is 17.7 Å². The van der Waals surface area contributed by atoms with Gasteiger partial charge in [-0.1, -0.05) is 0 Å². The van der Waals surface area contributed by atoms with Crippen molar-refractivity contribution in [3.8, 4) is 0 Å². The molecule has 0 aromatic carbocycles. The molecular formula is C9H14N2O3. The monoisotopic (exact) mass is 198 g/mol. The number of hydrogen-bond acceptors (Lipinski definition) is 3. The second kappa shape index (κ2) is 5.36. The second-order valence-electron chi connectivity index (χ2n) is 3.28. The standard InChI is InChI=1S/C5H9NO.C4H5NO2/c7-5-3-1-2-4-6-5;6-3-1-2-4(7)5-3/h1-4H2,(H,6,7);1-2H2,(H,5,6,7). The van der Waals surface area contributed by atoms with Gasteiger partial charge in [-0.15, -0.1) is 0 Å². The SMILES string of the molecule is O=C1CCC(=O)N1.O=C1CCCCN1. The number of carbonyl (C=O) groups excluding carboxylic acids is 3. The molecule has 2 fully saturated rings. The summed E-state index contributed by atoms with van der Waals surface area (Å²) >= 11 is 0. The van der Waals surface area contributed by atoms with Crippen LogP contribution in [-0.2, 0) is 14.4 Å². The third-order valence-electron chi connectivity index (χ3n) is 2.01. The lowest BCUT2D eigenvalue weighted by Crippen LogP contribution is -2.28. The Kier molecular flexibility index (Phi) is 4.10. The minimum atomic E-state index is -0.148. The lowest BCUT2D eigenvalue weighted by atomic mass is 10.2. The molecule has 5 nitrogen and oxygen atoms in total. The fourth-order valence-corrected chi connectivity index (χ4v) is 1.23. The molecule has 0 spiro atoms. The first-order chi connectivity index (χ1) is 6.68. The Morgan fingerprint density at radius 1 is 0.786 bits per heavy atom. The number of hydrogen-bond donors (Lipinski definition) is 2. The molecule has 78 valence electrons. The molecule has 0 unspecified atom stereocenters. The van der Waals surface area contributed by atoms with Crippen molar-refractivity contribution in [1.29, 1.82) is 0 Å². The van der Waals surface area contributed by atoms with Gasteiger partial charge < -0.3 is 5.32 Å². The molecule has 2 rings (SSSR count). The fourth-order valence-electron chi connectivity index (χ4n) is 1.23. The Labute approximate surface area is 82.2 Å². The van der Waals surface area contributed by atoms with Crippen LogP contribution in [0.3, 0.4) is 0 Å². The van der Waals surface area contributed by atoms with E-state index >= 15 is 0 Å². The van der Waals surface area contributed by atoms with Crippen molar-refractivity contribution in [3.05, 3.63) is 0 Å². The van der Waals surface area contributed by atoms with Crippen molar-refractivity contribution in [2.75, 3.05) is 6.54 Å². The van der Waals surface area contributed by atoms with Crippen LogP contribution in [0.1, 0.15) is 32.1 Å². The van der Waals surface area contributed by atoms with Gasteiger partial charge in [-0.05, 0) is 12.8 Å². The van der Waals surface area contributed by atoms with Gasteiger partial charge in [-0.2, -0.15) is 0 Å². The number of carbonyl (C=O) groups is 3. The summed E-state index contributed by atoms with van der Waals surface area (Å²) in [5, 5.41) is 4.88. The largest absolute Gasteiger partial charge is 0.356 e. The summed E-state index contributed by atoms with van der Waals surface area (Å²) in [6.45, 7) is 0.888. The van der Waals surface area contributed by atoms with Gasteiger partial charge in [0.2, 0.25) is 17.7 Å². The van der Waals surface area contributed by atoms with E-state index < -0.39 is 0 Å². The predicted molar refractivity (Wildman–Crippen MR) is 49.2 cm³/mol. The van der Waals surface area contributed by atoms with Gasteiger partial charge in [0.05, 0.1) is 0 Å². The van der Waals surface area contributed by atoms with E-state index in [2.05, 4.69) is 10.6 Å². The molecule has 3 amide bonds. The summed E-state index contributed by atoms with van der Waals surface area (Å²) in [7, 11) is 0. The first-order valence-corrected chi connectivity index (χ1v) is 4.78. The first kappa shape index (κ1) is 10.7. The topological polar surface area (TPSA) is 75.3 Å². The summed E-state index contributed by atoms with van der Waals surface area (Å²) in [6, 6.07) is 0. The Bertz CT molecular complexity index is 228. The van der Waals surface area contributed by atoms with Crippen LogP contribution in [0.2, 0.25) is 0 Å². The van der Waals surface area contributed by atoms with E-state index in [0.717, 1.165) is 25.8 Å². The van der Waals surface area contributed by atoms with Crippen LogP contribution in [0.5, 0.6) is 0 Å². The number of piperidine rings is 1. The molecule has 0 aliphatic carbocycles. The lowest BCUT2D eigenvalue weighted by Gasteiger charge is -2.08. The molecule has 0 radical (unpaired) electrons. The van der Waals surface area contributed by atoms with Crippen LogP contribution >= 0.6 is 0 Å². The molecule has 2 N–H and O–H groups in total. The molecule has 0 bridgehead atoms. The van der Waals surface area contributed by atoms with Crippen LogP contribution in [0.25, 0.3) is 0 Å². The minimum absolute atomic E-state index is 0.148. The van der Waals surface area contributed by atoms with Gasteiger partial charge in [-0.25, -0.2) is 0 Å². The zero-order valence-corrected chi connectivity index (χ0v) is 7.97. The number of nitrogens with one attached hydrogen (secondary N) is 2. The third kappa shape index (κ3) is 4.02. The zero-order chi connectivity index (χ0) is 10.4. The van der Waals surface area contributed by atoms with Gasteiger partial charge >= 0.3 is 0 Å². The highest BCUT2D eigenvalue weighted by atomic mass is 16.2. The van der Waals surface area contributed by atoms with Crippen LogP contribution in [0, 0.1) is 0 Å². The van der Waals surface area contributed by atoms with Crippen molar-refractivity contribution in [2.45, 2.75) is 32.1 Å². The second-order valence-corrected chi connectivity index (χ2v) is 3.28. The summed E-state index contributed by atoms with van der Waals surface area (Å²) < 4.78 is 0. The highest BCUT2D eigenvalue weighted by Crippen LogP contribution is 1.98. The van der Waals surface area contributed by atoms with E-state index in [9.17, 15) is 14.4 Å². The van der Waals surface area contributed by atoms with Crippen molar-refractivity contribution < 1.29 is 14.4 Å². The average molecular weight is 198 g/mol. The van der Waals surface area contributed by atoms with Gasteiger partial charge in [0.25, 0.3) is 0 Å². The highest BCUT2D eigenvalue weighted by molar-refractivity contribution is 6.01. The zero-order valence-electron chi connectivity index (χ0n) is 7.97. The average Bonchev–Trinajstić information content (AvgIpc) is 2.52. The Balaban J connectivity index is 0.000000140. The third-order valence-corrected chi connectivity index (χ3v) is 2.01. The van der Waals surface area contributed by atoms with Crippen molar-refractivity contribution in [2.24, 2.45) is 0 Å². The molecule has 0 aromatic rings. The van der Waals surface area contributed by atoms with E-state index in [-0.39, 0.29) is 17.7 Å². The van der Waals surface area contributed by atoms with Crippen LogP contribution in [-0.4, -0.2) is 24.3 Å². The number of amides is 3. The normalized spacial score (nSPS) is 20.7. The van der Waals surface area contributed by atoms with Crippen molar-refractivity contribution in [1.82, 2.24) is 10.6 Å². The molecule has 2 aliphatic heterocycles. The van der Waals surface area contributed by atoms with Crippen LogP contribution < -0.4 is 10.6 Å². The van der Waals surface area contributed by atoms with E-state index in [1.165, 1.54) is 0 Å². The van der Waals surface area contributed by atoms with E-state index in [4.69, 9.17) is 0 Å². The maximum Gasteiger partial charge on any atom is 0.227 e. The summed E-state index contributed by atoms with van der Waals surface area (Å²) in [5.74, 6) is -0.0822. The Hall–Kier alpha value is -1.39. The van der Waals surface area contributed by atoms with E-state index in [1.54, 1.807) is 0 Å². The molecule has 0 atom stereocenters. The van der Waals surface area contributed by atoms with E-state index in [1.807, 2.05) is 0 Å². The maximum absolute atomic E-state index is 10.4. The first-order valence-electron chi connectivity index (χ1n) is 4.78. The lowest BCUT2D eigenvalue weighted by molar-refractivity contribution is -0.125. The molecule has 2 saturated heterocycles. The molecule has 0 aromatic heterocycles. The summed E-state index contributed by atoms with van der Waals surface area (Å²) in [4.78, 5) is 30.6. The fraction of sp³-hybridized carbons (Fsp3) is 0.667. The van der Waals surface area contributed by atoms with Crippen molar-refractivity contribution in [3.63, 3.8) is 0 Å². The van der Waals surface area contributed by atoms with Gasteiger partial charge in [0, 0.05) is 25.8 Å². The minimum Gasteiger partial charge on any atom is -0.356 e. The molecule has 2 aliphatic rings. The van der Waals surface area contributed by atoms with Gasteiger partial charge in [0.15, 0.2) is 0 Å². The molecule has 2 heterocycles. The van der Waals surface area contributed by atoms with Gasteiger partial charge in [0.1, 0.15) is 0 Å².